The number of aromatic nitrogens is 8. The minimum absolute atomic E-state index is 0.579. The van der Waals surface area contributed by atoms with E-state index in [9.17, 15) is 0 Å². The van der Waals surface area contributed by atoms with Crippen LogP contribution >= 0.6 is 11.3 Å². The zero-order valence-electron chi connectivity index (χ0n) is 50.5. The molecule has 13 aromatic carbocycles. The predicted octanol–water partition coefficient (Wildman–Crippen LogP) is 22.0. The Hall–Kier alpha value is -12.4. The van der Waals surface area contributed by atoms with Crippen molar-refractivity contribution in [1.29, 1.82) is 0 Å². The van der Waals surface area contributed by atoms with Crippen LogP contribution in [0.4, 0.5) is 0 Å². The van der Waals surface area contributed by atoms with Crippen molar-refractivity contribution in [3.8, 4) is 96.1 Å². The number of hydrogen-bond acceptors (Lipinski definition) is 6. The summed E-state index contributed by atoms with van der Waals surface area (Å²) < 4.78 is 9.51. The van der Waals surface area contributed by atoms with Gasteiger partial charge in [-0.3, -0.25) is 4.57 Å². The van der Waals surface area contributed by atoms with Crippen molar-refractivity contribution in [2.24, 2.45) is 0 Å². The molecule has 438 valence electrons. The van der Waals surface area contributed by atoms with Crippen LogP contribution in [-0.2, 0) is 0 Å². The number of para-hydroxylation sites is 3. The van der Waals surface area contributed by atoms with E-state index in [1.807, 2.05) is 41.8 Å². The van der Waals surface area contributed by atoms with E-state index in [1.54, 1.807) is 0 Å². The molecule has 0 atom stereocenters. The summed E-state index contributed by atoms with van der Waals surface area (Å²) in [6.45, 7) is 0. The van der Waals surface area contributed by atoms with Gasteiger partial charge in [-0.1, -0.05) is 231 Å². The van der Waals surface area contributed by atoms with E-state index in [4.69, 9.17) is 24.9 Å². The molecule has 6 heterocycles. The van der Waals surface area contributed by atoms with Gasteiger partial charge in [-0.25, -0.2) is 24.9 Å². The fourth-order valence-electron chi connectivity index (χ4n) is 14.2. The van der Waals surface area contributed by atoms with Gasteiger partial charge in [0.05, 0.1) is 38.8 Å². The molecule has 0 radical (unpaired) electrons. The van der Waals surface area contributed by atoms with E-state index in [-0.39, 0.29) is 0 Å². The normalized spacial score (nSPS) is 11.8. The molecule has 0 unspecified atom stereocenters. The van der Waals surface area contributed by atoms with Gasteiger partial charge in [-0.05, 0) is 112 Å². The molecular weight excluding hydrogens is 1170 g/mol. The number of benzene rings is 13. The zero-order valence-corrected chi connectivity index (χ0v) is 51.3. The third kappa shape index (κ3) is 8.70. The Bertz CT molecular complexity index is 6210. The summed E-state index contributed by atoms with van der Waals surface area (Å²) in [7, 11) is 0. The highest BCUT2D eigenvalue weighted by Crippen LogP contribution is 2.45. The van der Waals surface area contributed by atoms with Crippen LogP contribution in [0.5, 0.6) is 0 Å². The molecule has 0 N–H and O–H groups in total. The summed E-state index contributed by atoms with van der Waals surface area (Å²) in [6.07, 6.45) is 1.90. The summed E-state index contributed by atoms with van der Waals surface area (Å²) in [5.74, 6) is 2.36. The maximum Gasteiger partial charge on any atom is 0.235 e. The Morgan fingerprint density at radius 2 is 0.723 bits per heavy atom. The molecule has 0 fully saturated rings. The minimum atomic E-state index is 0.579. The first kappa shape index (κ1) is 53.4. The lowest BCUT2D eigenvalue weighted by atomic mass is 9.92. The number of nitrogens with zero attached hydrogens (tertiary/aromatic N) is 8. The van der Waals surface area contributed by atoms with Crippen LogP contribution in [-0.4, -0.2) is 38.6 Å². The van der Waals surface area contributed by atoms with Gasteiger partial charge in [-0.2, -0.15) is 0 Å². The van der Waals surface area contributed by atoms with Gasteiger partial charge in [0, 0.05) is 92.3 Å². The topological polar surface area (TPSA) is 79.2 Å². The average molecular weight is 1220 g/mol. The SMILES string of the molecule is c1ccc(-c2ccc3c4cc(-c5ccc(-c6nc(-c7ccccc7)nc(-c7cccc(-n8c9ccccc9c9cc%10c%11ccccc%11n(-c%11ccccc%11)c%10cc98)c7)n6)cc5)c(-c5ccccc5)cc4n(-c4nccc(-c5cccc6c5sc5ccccc56)n4)c3c2)cc1. The van der Waals surface area contributed by atoms with Crippen LogP contribution in [0.1, 0.15) is 0 Å². The van der Waals surface area contributed by atoms with Crippen LogP contribution in [0.3, 0.4) is 0 Å². The predicted molar refractivity (Wildman–Crippen MR) is 389 cm³/mol. The highest BCUT2D eigenvalue weighted by atomic mass is 32.1. The van der Waals surface area contributed by atoms with Crippen LogP contribution in [0.25, 0.3) is 182 Å². The fraction of sp³-hybridized carbons (Fsp3) is 0. The van der Waals surface area contributed by atoms with Gasteiger partial charge in [-0.15, -0.1) is 11.3 Å². The van der Waals surface area contributed by atoms with Gasteiger partial charge in [0.25, 0.3) is 0 Å². The number of hydrogen-bond donors (Lipinski definition) is 0. The van der Waals surface area contributed by atoms with E-state index >= 15 is 0 Å². The summed E-state index contributed by atoms with van der Waals surface area (Å²) in [4.78, 5) is 26.5. The molecule has 0 aliphatic rings. The lowest BCUT2D eigenvalue weighted by Gasteiger charge is -2.14. The molecule has 19 aromatic rings. The van der Waals surface area contributed by atoms with Crippen LogP contribution in [0.2, 0.25) is 0 Å². The number of fused-ring (bicyclic) bond motifs is 12. The Morgan fingerprint density at radius 3 is 1.44 bits per heavy atom. The number of thiophene rings is 1. The first-order valence-corrected chi connectivity index (χ1v) is 32.4. The Morgan fingerprint density at radius 1 is 0.245 bits per heavy atom. The Labute approximate surface area is 543 Å². The molecule has 0 saturated carbocycles. The third-order valence-electron chi connectivity index (χ3n) is 18.6. The maximum atomic E-state index is 5.49. The second kappa shape index (κ2) is 21.6. The lowest BCUT2D eigenvalue weighted by Crippen LogP contribution is -2.02. The van der Waals surface area contributed by atoms with Gasteiger partial charge < -0.3 is 9.13 Å². The van der Waals surface area contributed by atoms with Crippen molar-refractivity contribution >= 4 is 96.9 Å². The van der Waals surface area contributed by atoms with Gasteiger partial charge in [0.2, 0.25) is 5.95 Å². The maximum absolute atomic E-state index is 5.49. The van der Waals surface area contributed by atoms with Gasteiger partial charge in [0.15, 0.2) is 17.5 Å². The van der Waals surface area contributed by atoms with Gasteiger partial charge in [0.1, 0.15) is 0 Å². The summed E-state index contributed by atoms with van der Waals surface area (Å²) in [6, 6.07) is 110. The first-order valence-electron chi connectivity index (χ1n) is 31.6. The van der Waals surface area contributed by atoms with E-state index < -0.39 is 0 Å². The van der Waals surface area contributed by atoms with Crippen molar-refractivity contribution in [1.82, 2.24) is 38.6 Å². The molecule has 8 nitrogen and oxygen atoms in total. The van der Waals surface area contributed by atoms with Crippen molar-refractivity contribution in [2.45, 2.75) is 0 Å². The smallest absolute Gasteiger partial charge is 0.235 e. The highest BCUT2D eigenvalue weighted by Gasteiger charge is 2.24. The van der Waals surface area contributed by atoms with E-state index in [0.717, 1.165) is 111 Å². The standard InChI is InChI=1S/C85H52N8S/c1-5-21-53(22-6-1)58-43-44-64-70-49-68(69(54-23-7-2-8-24-54)51-77(70)93(76(64)48-58)85-86-46-45-73(87-85)67-35-20-34-66-65-33-15-18-38-80(65)94-81(66)67)55-39-41-57(42-40-55)83-88-82(56-25-9-3-10-26-56)89-84(90-83)59-27-19-30-61(47-59)92-75-37-17-14-32-63(75)72-50-71-62-31-13-16-36-74(62)91(78(71)52-79(72)92)60-28-11-4-12-29-60/h1-52H. The molecule has 0 aliphatic carbocycles. The molecule has 19 rings (SSSR count). The largest absolute Gasteiger partial charge is 0.309 e. The van der Waals surface area contributed by atoms with Crippen LogP contribution in [0.15, 0.2) is 316 Å². The molecule has 0 saturated heterocycles. The van der Waals surface area contributed by atoms with Crippen molar-refractivity contribution in [3.05, 3.63) is 316 Å². The number of rotatable bonds is 10. The Balaban J connectivity index is 0.751. The second-order valence-electron chi connectivity index (χ2n) is 24.0. The molecule has 0 bridgehead atoms. The first-order chi connectivity index (χ1) is 46.6. The van der Waals surface area contributed by atoms with Crippen molar-refractivity contribution in [2.75, 3.05) is 0 Å². The minimum Gasteiger partial charge on any atom is -0.309 e. The average Bonchev–Trinajstić information content (AvgIpc) is 1.57. The van der Waals surface area contributed by atoms with Crippen LogP contribution < -0.4 is 0 Å². The fourth-order valence-corrected chi connectivity index (χ4v) is 15.5. The zero-order chi connectivity index (χ0) is 61.8. The molecule has 6 aromatic heterocycles. The summed E-state index contributed by atoms with van der Waals surface area (Å²) in [5.41, 5.74) is 19.9. The van der Waals surface area contributed by atoms with Gasteiger partial charge >= 0.3 is 0 Å². The summed E-state index contributed by atoms with van der Waals surface area (Å²) in [5, 5.41) is 9.50. The molecule has 0 aliphatic heterocycles. The third-order valence-corrected chi connectivity index (χ3v) is 19.8. The molecule has 9 heteroatoms. The molecule has 94 heavy (non-hydrogen) atoms. The summed E-state index contributed by atoms with van der Waals surface area (Å²) >= 11 is 1.81. The Kier molecular flexibility index (Phi) is 12.3. The lowest BCUT2D eigenvalue weighted by molar-refractivity contribution is 0.993. The van der Waals surface area contributed by atoms with E-state index in [1.165, 1.54) is 47.2 Å². The second-order valence-corrected chi connectivity index (χ2v) is 25.0. The molecule has 0 amide bonds. The van der Waals surface area contributed by atoms with Crippen LogP contribution in [0, 0.1) is 0 Å². The van der Waals surface area contributed by atoms with E-state index in [2.05, 4.69) is 299 Å². The highest BCUT2D eigenvalue weighted by molar-refractivity contribution is 7.26. The monoisotopic (exact) mass is 1220 g/mol. The van der Waals surface area contributed by atoms with E-state index in [0.29, 0.717) is 23.4 Å². The van der Waals surface area contributed by atoms with Crippen molar-refractivity contribution in [3.63, 3.8) is 0 Å². The van der Waals surface area contributed by atoms with Crippen molar-refractivity contribution < 1.29 is 0 Å². The quantitative estimate of drug-likeness (QED) is 0.136. The molecule has 0 spiro atoms. The molecular formula is C85H52N8S.